The van der Waals surface area contributed by atoms with Crippen molar-refractivity contribution in [1.82, 2.24) is 0 Å². The SMILES string of the molecule is CCN(CCO)c1ccc(C(=O)O)c(N)c1. The van der Waals surface area contributed by atoms with Gasteiger partial charge in [0.05, 0.1) is 12.2 Å². The number of nitrogens with two attached hydrogens (primary N) is 1. The zero-order valence-corrected chi connectivity index (χ0v) is 9.18. The molecule has 0 aliphatic rings. The fourth-order valence-electron chi connectivity index (χ4n) is 1.53. The molecule has 0 saturated carbocycles. The van der Waals surface area contributed by atoms with Crippen LogP contribution in [0.3, 0.4) is 0 Å². The van der Waals surface area contributed by atoms with E-state index >= 15 is 0 Å². The van der Waals surface area contributed by atoms with E-state index in [2.05, 4.69) is 0 Å². The molecule has 0 atom stereocenters. The Bertz CT molecular complexity index is 379. The lowest BCUT2D eigenvalue weighted by molar-refractivity contribution is 0.0698. The molecule has 16 heavy (non-hydrogen) atoms. The van der Waals surface area contributed by atoms with E-state index < -0.39 is 5.97 Å². The van der Waals surface area contributed by atoms with Crippen molar-refractivity contribution < 1.29 is 15.0 Å². The van der Waals surface area contributed by atoms with E-state index in [-0.39, 0.29) is 17.9 Å². The van der Waals surface area contributed by atoms with Crippen LogP contribution in [-0.2, 0) is 0 Å². The number of carboxylic acid groups (broad SMARTS) is 1. The first kappa shape index (κ1) is 12.3. The van der Waals surface area contributed by atoms with Gasteiger partial charge in [0.2, 0.25) is 0 Å². The van der Waals surface area contributed by atoms with E-state index in [9.17, 15) is 4.79 Å². The highest BCUT2D eigenvalue weighted by Crippen LogP contribution is 2.21. The highest BCUT2D eigenvalue weighted by molar-refractivity contribution is 5.94. The molecule has 5 nitrogen and oxygen atoms in total. The molecule has 1 aromatic carbocycles. The number of benzene rings is 1. The Morgan fingerprint density at radius 2 is 2.19 bits per heavy atom. The maximum absolute atomic E-state index is 10.8. The van der Waals surface area contributed by atoms with Gasteiger partial charge in [-0.2, -0.15) is 0 Å². The molecule has 0 aliphatic carbocycles. The molecule has 0 amide bonds. The highest BCUT2D eigenvalue weighted by atomic mass is 16.4. The van der Waals surface area contributed by atoms with Crippen molar-refractivity contribution in [3.63, 3.8) is 0 Å². The number of carboxylic acids is 1. The Morgan fingerprint density at radius 3 is 2.62 bits per heavy atom. The lowest BCUT2D eigenvalue weighted by Crippen LogP contribution is -2.26. The summed E-state index contributed by atoms with van der Waals surface area (Å²) in [5, 5.41) is 17.7. The number of carbonyl (C=O) groups is 1. The van der Waals surface area contributed by atoms with E-state index in [0.717, 1.165) is 12.2 Å². The summed E-state index contributed by atoms with van der Waals surface area (Å²) < 4.78 is 0. The number of anilines is 2. The molecule has 5 heteroatoms. The minimum atomic E-state index is -1.03. The van der Waals surface area contributed by atoms with Crippen LogP contribution in [0.15, 0.2) is 18.2 Å². The summed E-state index contributed by atoms with van der Waals surface area (Å²) >= 11 is 0. The lowest BCUT2D eigenvalue weighted by Gasteiger charge is -2.22. The van der Waals surface area contributed by atoms with Gasteiger partial charge < -0.3 is 20.8 Å². The third kappa shape index (κ3) is 2.64. The van der Waals surface area contributed by atoms with Crippen LogP contribution in [-0.4, -0.2) is 35.9 Å². The number of hydrogen-bond acceptors (Lipinski definition) is 4. The molecule has 0 aromatic heterocycles. The summed E-state index contributed by atoms with van der Waals surface area (Å²) in [6.07, 6.45) is 0. The molecule has 0 heterocycles. The Labute approximate surface area is 94.1 Å². The van der Waals surface area contributed by atoms with Gasteiger partial charge in [-0.3, -0.25) is 0 Å². The van der Waals surface area contributed by atoms with E-state index in [1.807, 2.05) is 11.8 Å². The molecular weight excluding hydrogens is 208 g/mol. The van der Waals surface area contributed by atoms with Gasteiger partial charge in [-0.15, -0.1) is 0 Å². The van der Waals surface area contributed by atoms with Crippen LogP contribution in [0, 0.1) is 0 Å². The van der Waals surface area contributed by atoms with Gasteiger partial charge in [0, 0.05) is 24.5 Å². The second-order valence-corrected chi connectivity index (χ2v) is 3.38. The lowest BCUT2D eigenvalue weighted by atomic mass is 10.1. The summed E-state index contributed by atoms with van der Waals surface area (Å²) in [5.41, 5.74) is 6.80. The van der Waals surface area contributed by atoms with Gasteiger partial charge in [-0.25, -0.2) is 4.79 Å². The molecule has 88 valence electrons. The summed E-state index contributed by atoms with van der Waals surface area (Å²) in [5.74, 6) is -1.03. The second kappa shape index (κ2) is 5.37. The van der Waals surface area contributed by atoms with Gasteiger partial charge in [-0.05, 0) is 25.1 Å². The Balaban J connectivity index is 2.99. The van der Waals surface area contributed by atoms with Crippen LogP contribution < -0.4 is 10.6 Å². The molecule has 1 rings (SSSR count). The van der Waals surface area contributed by atoms with Crippen molar-refractivity contribution in [3.8, 4) is 0 Å². The molecule has 0 spiro atoms. The van der Waals surface area contributed by atoms with Crippen LogP contribution in [0.1, 0.15) is 17.3 Å². The number of hydrogen-bond donors (Lipinski definition) is 3. The summed E-state index contributed by atoms with van der Waals surface area (Å²) in [6.45, 7) is 3.24. The van der Waals surface area contributed by atoms with Crippen LogP contribution >= 0.6 is 0 Å². The third-order valence-electron chi connectivity index (χ3n) is 2.38. The van der Waals surface area contributed by atoms with Gasteiger partial charge >= 0.3 is 5.97 Å². The standard InChI is InChI=1S/C11H16N2O3/c1-2-13(5-6-14)8-3-4-9(11(15)16)10(12)7-8/h3-4,7,14H,2,5-6,12H2,1H3,(H,15,16). The monoisotopic (exact) mass is 224 g/mol. The number of likely N-dealkylation sites (N-methyl/N-ethyl adjacent to an activating group) is 1. The summed E-state index contributed by atoms with van der Waals surface area (Å²) in [7, 11) is 0. The first-order valence-corrected chi connectivity index (χ1v) is 5.08. The zero-order chi connectivity index (χ0) is 12.1. The van der Waals surface area contributed by atoms with Gasteiger partial charge in [-0.1, -0.05) is 0 Å². The average Bonchev–Trinajstić information content (AvgIpc) is 2.25. The summed E-state index contributed by atoms with van der Waals surface area (Å²) in [6, 6.07) is 4.79. The van der Waals surface area contributed by atoms with Gasteiger partial charge in [0.1, 0.15) is 0 Å². The normalized spacial score (nSPS) is 10.1. The van der Waals surface area contributed by atoms with Crippen LogP contribution in [0.25, 0.3) is 0 Å². The fraction of sp³-hybridized carbons (Fsp3) is 0.364. The minimum absolute atomic E-state index is 0.0500. The molecule has 0 bridgehead atoms. The minimum Gasteiger partial charge on any atom is -0.478 e. The van der Waals surface area contributed by atoms with Gasteiger partial charge in [0.25, 0.3) is 0 Å². The Kier molecular flexibility index (Phi) is 4.13. The third-order valence-corrected chi connectivity index (χ3v) is 2.38. The van der Waals surface area contributed by atoms with Crippen molar-refractivity contribution in [1.29, 1.82) is 0 Å². The van der Waals surface area contributed by atoms with E-state index in [4.69, 9.17) is 15.9 Å². The molecule has 4 N–H and O–H groups in total. The maximum Gasteiger partial charge on any atom is 0.337 e. The number of nitrogens with zero attached hydrogens (tertiary/aromatic N) is 1. The largest absolute Gasteiger partial charge is 0.478 e. The number of nitrogen functional groups attached to an aromatic ring is 1. The Hall–Kier alpha value is -1.75. The molecule has 1 aromatic rings. The quantitative estimate of drug-likeness (QED) is 0.643. The van der Waals surface area contributed by atoms with Crippen molar-refractivity contribution in [3.05, 3.63) is 23.8 Å². The van der Waals surface area contributed by atoms with Crippen LogP contribution in [0.2, 0.25) is 0 Å². The molecular formula is C11H16N2O3. The zero-order valence-electron chi connectivity index (χ0n) is 9.18. The number of aliphatic hydroxyl groups is 1. The molecule has 0 radical (unpaired) electrons. The predicted octanol–water partition coefficient (Wildman–Crippen LogP) is 0.786. The van der Waals surface area contributed by atoms with Crippen LogP contribution in [0.4, 0.5) is 11.4 Å². The highest BCUT2D eigenvalue weighted by Gasteiger charge is 2.10. The average molecular weight is 224 g/mol. The molecule has 0 aliphatic heterocycles. The first-order valence-electron chi connectivity index (χ1n) is 5.08. The maximum atomic E-state index is 10.8. The Morgan fingerprint density at radius 1 is 1.50 bits per heavy atom. The van der Waals surface area contributed by atoms with Gasteiger partial charge in [0.15, 0.2) is 0 Å². The van der Waals surface area contributed by atoms with E-state index in [1.54, 1.807) is 12.1 Å². The summed E-state index contributed by atoms with van der Waals surface area (Å²) in [4.78, 5) is 12.7. The van der Waals surface area contributed by atoms with E-state index in [1.165, 1.54) is 6.07 Å². The molecule has 0 unspecified atom stereocenters. The van der Waals surface area contributed by atoms with Crippen molar-refractivity contribution in [2.24, 2.45) is 0 Å². The smallest absolute Gasteiger partial charge is 0.337 e. The topological polar surface area (TPSA) is 86.8 Å². The first-order chi connectivity index (χ1) is 7.60. The van der Waals surface area contributed by atoms with Crippen LogP contribution in [0.5, 0.6) is 0 Å². The molecule has 0 saturated heterocycles. The fourth-order valence-corrected chi connectivity index (χ4v) is 1.53. The van der Waals surface area contributed by atoms with E-state index in [0.29, 0.717) is 6.54 Å². The molecule has 0 fully saturated rings. The number of aliphatic hydroxyl groups excluding tert-OH is 1. The van der Waals surface area contributed by atoms with Crippen molar-refractivity contribution >= 4 is 17.3 Å². The number of rotatable bonds is 5. The number of aromatic carboxylic acids is 1. The van der Waals surface area contributed by atoms with Crippen molar-refractivity contribution in [2.45, 2.75) is 6.92 Å². The van der Waals surface area contributed by atoms with Crippen molar-refractivity contribution in [2.75, 3.05) is 30.3 Å². The predicted molar refractivity (Wildman–Crippen MR) is 62.8 cm³/mol. The second-order valence-electron chi connectivity index (χ2n) is 3.38.